The molecule has 1 N–H and O–H groups in total. The molecule has 24 heavy (non-hydrogen) atoms. The third-order valence-corrected chi connectivity index (χ3v) is 5.26. The lowest BCUT2D eigenvalue weighted by Crippen LogP contribution is -2.42. The van der Waals surface area contributed by atoms with Gasteiger partial charge in [0.25, 0.3) is 0 Å². The Labute approximate surface area is 142 Å². The lowest BCUT2D eigenvalue weighted by molar-refractivity contribution is -0.140. The second-order valence-corrected chi connectivity index (χ2v) is 7.03. The molecular weight excluding hydrogens is 309 g/mol. The van der Waals surface area contributed by atoms with Crippen LogP contribution in [0.2, 0.25) is 0 Å². The van der Waals surface area contributed by atoms with Gasteiger partial charge in [0.2, 0.25) is 5.91 Å². The molecule has 1 aromatic rings. The summed E-state index contributed by atoms with van der Waals surface area (Å²) in [5, 5.41) is 10.5. The first-order chi connectivity index (χ1) is 11.6. The minimum absolute atomic E-state index is 0.0464. The van der Waals surface area contributed by atoms with E-state index in [0.717, 1.165) is 38.9 Å². The van der Waals surface area contributed by atoms with Crippen molar-refractivity contribution in [2.75, 3.05) is 19.8 Å². The normalized spacial score (nSPS) is 21.3. The highest BCUT2D eigenvalue weighted by Gasteiger charge is 2.38. The van der Waals surface area contributed by atoms with E-state index in [1.807, 2.05) is 11.8 Å². The van der Waals surface area contributed by atoms with E-state index in [2.05, 4.69) is 0 Å². The zero-order chi connectivity index (χ0) is 17.1. The van der Waals surface area contributed by atoms with Crippen molar-refractivity contribution in [2.45, 2.75) is 44.8 Å². The van der Waals surface area contributed by atoms with Crippen molar-refractivity contribution in [1.29, 1.82) is 0 Å². The molecule has 2 fully saturated rings. The Balaban J connectivity index is 1.65. The highest BCUT2D eigenvalue weighted by atomic mass is 19.1. The van der Waals surface area contributed by atoms with Crippen LogP contribution in [0.25, 0.3) is 0 Å². The number of halogens is 1. The van der Waals surface area contributed by atoms with E-state index in [4.69, 9.17) is 4.74 Å². The van der Waals surface area contributed by atoms with E-state index in [9.17, 15) is 14.3 Å². The van der Waals surface area contributed by atoms with Crippen LogP contribution in [0.15, 0.2) is 24.3 Å². The maximum Gasteiger partial charge on any atom is 0.226 e. The quantitative estimate of drug-likeness (QED) is 0.870. The van der Waals surface area contributed by atoms with Crippen molar-refractivity contribution in [3.8, 4) is 0 Å². The van der Waals surface area contributed by atoms with Gasteiger partial charge in [0, 0.05) is 25.2 Å². The van der Waals surface area contributed by atoms with E-state index >= 15 is 0 Å². The number of benzene rings is 1. The molecule has 1 saturated heterocycles. The highest BCUT2D eigenvalue weighted by Crippen LogP contribution is 2.33. The van der Waals surface area contributed by atoms with Gasteiger partial charge < -0.3 is 14.7 Å². The first-order valence-corrected chi connectivity index (χ1v) is 8.88. The molecular formula is C19H26FNO3. The first kappa shape index (κ1) is 17.4. The molecule has 0 radical (unpaired) electrons. The number of carbonyl (C=O) groups excluding carboxylic acids is 1. The van der Waals surface area contributed by atoms with Gasteiger partial charge in [0.1, 0.15) is 5.82 Å². The summed E-state index contributed by atoms with van der Waals surface area (Å²) >= 11 is 0. The third-order valence-electron chi connectivity index (χ3n) is 5.26. The second-order valence-electron chi connectivity index (χ2n) is 7.03. The molecule has 4 nitrogen and oxygen atoms in total. The third kappa shape index (κ3) is 4.14. The smallest absolute Gasteiger partial charge is 0.226 e. The summed E-state index contributed by atoms with van der Waals surface area (Å²) in [6.45, 7) is 3.73. The van der Waals surface area contributed by atoms with E-state index < -0.39 is 6.10 Å². The molecule has 0 bridgehead atoms. The van der Waals surface area contributed by atoms with Crippen molar-refractivity contribution in [2.24, 2.45) is 11.8 Å². The van der Waals surface area contributed by atoms with Gasteiger partial charge in [0.15, 0.2) is 0 Å². The fraction of sp³-hybridized carbons (Fsp3) is 0.632. The fourth-order valence-electron chi connectivity index (χ4n) is 3.46. The number of ether oxygens (including phenoxy) is 1. The molecule has 1 aromatic carbocycles. The van der Waals surface area contributed by atoms with Crippen molar-refractivity contribution in [3.63, 3.8) is 0 Å². The van der Waals surface area contributed by atoms with Crippen LogP contribution in [-0.4, -0.2) is 41.7 Å². The van der Waals surface area contributed by atoms with E-state index in [1.54, 1.807) is 12.1 Å². The topological polar surface area (TPSA) is 49.8 Å². The number of hydrogen-bond donors (Lipinski definition) is 1. The van der Waals surface area contributed by atoms with Gasteiger partial charge >= 0.3 is 0 Å². The largest absolute Gasteiger partial charge is 0.387 e. The van der Waals surface area contributed by atoms with E-state index in [1.165, 1.54) is 12.1 Å². The van der Waals surface area contributed by atoms with Gasteiger partial charge in [-0.05, 0) is 49.3 Å². The number of aliphatic hydroxyl groups excluding tert-OH is 1. The summed E-state index contributed by atoms with van der Waals surface area (Å²) in [5.74, 6) is 0.116. The van der Waals surface area contributed by atoms with Crippen LogP contribution >= 0.6 is 0 Å². The molecule has 1 amide bonds. The van der Waals surface area contributed by atoms with Crippen molar-refractivity contribution >= 4 is 5.91 Å². The summed E-state index contributed by atoms with van der Waals surface area (Å²) in [6, 6.07) is 6.09. The van der Waals surface area contributed by atoms with Crippen molar-refractivity contribution < 1.29 is 19.0 Å². The summed E-state index contributed by atoms with van der Waals surface area (Å²) in [7, 11) is 0. The second kappa shape index (κ2) is 7.62. The van der Waals surface area contributed by atoms with E-state index in [0.29, 0.717) is 11.5 Å². The summed E-state index contributed by atoms with van der Waals surface area (Å²) in [5.41, 5.74) is 0.647. The first-order valence-electron chi connectivity index (χ1n) is 8.88. The Hall–Kier alpha value is -1.46. The van der Waals surface area contributed by atoms with Crippen molar-refractivity contribution in [3.05, 3.63) is 35.6 Å². The van der Waals surface area contributed by atoms with Gasteiger partial charge in [-0.15, -0.1) is 0 Å². The lowest BCUT2D eigenvalue weighted by atomic mass is 9.86. The van der Waals surface area contributed by atoms with Crippen LogP contribution in [0.3, 0.4) is 0 Å². The fourth-order valence-corrected chi connectivity index (χ4v) is 3.46. The molecule has 132 valence electrons. The predicted octanol–water partition coefficient (Wildman–Crippen LogP) is 2.91. The van der Waals surface area contributed by atoms with Gasteiger partial charge in [-0.1, -0.05) is 19.1 Å². The Morgan fingerprint density at radius 2 is 1.88 bits per heavy atom. The molecule has 2 aliphatic rings. The molecule has 2 unspecified atom stereocenters. The molecule has 1 aliphatic carbocycles. The Morgan fingerprint density at radius 3 is 2.46 bits per heavy atom. The van der Waals surface area contributed by atoms with Crippen LogP contribution in [0.4, 0.5) is 4.39 Å². The summed E-state index contributed by atoms with van der Waals surface area (Å²) in [6.07, 6.45) is 3.07. The molecule has 0 aromatic heterocycles. The van der Waals surface area contributed by atoms with Crippen LogP contribution < -0.4 is 0 Å². The van der Waals surface area contributed by atoms with Gasteiger partial charge in [-0.2, -0.15) is 0 Å². The van der Waals surface area contributed by atoms with Crippen LogP contribution in [0.5, 0.6) is 0 Å². The minimum atomic E-state index is -0.781. The summed E-state index contributed by atoms with van der Waals surface area (Å²) < 4.78 is 18.4. The van der Waals surface area contributed by atoms with Gasteiger partial charge in [-0.25, -0.2) is 4.39 Å². The van der Waals surface area contributed by atoms with Crippen LogP contribution in [0.1, 0.15) is 44.3 Å². The lowest BCUT2D eigenvalue weighted by Gasteiger charge is -2.33. The van der Waals surface area contributed by atoms with Crippen LogP contribution in [0, 0.1) is 17.7 Å². The van der Waals surface area contributed by atoms with Gasteiger partial charge in [0.05, 0.1) is 12.6 Å². The van der Waals surface area contributed by atoms with E-state index in [-0.39, 0.29) is 30.2 Å². The number of amides is 1. The Morgan fingerprint density at radius 1 is 1.25 bits per heavy atom. The predicted molar refractivity (Wildman–Crippen MR) is 88.8 cm³/mol. The number of nitrogens with zero attached hydrogens (tertiary/aromatic N) is 1. The molecule has 0 spiro atoms. The number of aliphatic hydroxyl groups is 1. The monoisotopic (exact) mass is 335 g/mol. The highest BCUT2D eigenvalue weighted by molar-refractivity contribution is 5.79. The minimum Gasteiger partial charge on any atom is -0.387 e. The molecule has 5 heteroatoms. The average Bonchev–Trinajstić information content (AvgIpc) is 3.44. The molecule has 1 heterocycles. The Kier molecular flexibility index (Phi) is 5.51. The number of hydrogen-bond acceptors (Lipinski definition) is 3. The molecule has 1 saturated carbocycles. The zero-order valence-corrected chi connectivity index (χ0v) is 14.2. The molecule has 3 rings (SSSR count). The Bertz CT molecular complexity index is 552. The van der Waals surface area contributed by atoms with Gasteiger partial charge in [-0.3, -0.25) is 4.79 Å². The molecule has 2 atom stereocenters. The van der Waals surface area contributed by atoms with Crippen molar-refractivity contribution in [1.82, 2.24) is 4.90 Å². The summed E-state index contributed by atoms with van der Waals surface area (Å²) in [4.78, 5) is 14.8. The SMILES string of the molecule is CC(C(=O)N(CC(O)c1ccc(F)cc1)C1CC1)C1CCOCC1. The number of carbonyl (C=O) groups is 1. The average molecular weight is 335 g/mol. The number of rotatable bonds is 6. The molecule has 1 aliphatic heterocycles. The van der Waals surface area contributed by atoms with Crippen LogP contribution in [-0.2, 0) is 9.53 Å². The maximum atomic E-state index is 13.0. The zero-order valence-electron chi connectivity index (χ0n) is 14.2. The standard InChI is InChI=1S/C19H26FNO3/c1-13(14-8-10-24-11-9-14)19(23)21(17-6-7-17)12-18(22)15-2-4-16(20)5-3-15/h2-5,13-14,17-18,22H,6-12H2,1H3. The maximum absolute atomic E-state index is 13.0.